The molecule has 7 unspecified atom stereocenters. The zero-order valence-electron chi connectivity index (χ0n) is 28.5. The molecule has 28 nitrogen and oxygen atoms in total. The van der Waals surface area contributed by atoms with Gasteiger partial charge in [-0.2, -0.15) is 0 Å². The summed E-state index contributed by atoms with van der Waals surface area (Å²) in [5.41, 5.74) is 0. The highest BCUT2D eigenvalue weighted by atomic mass is 31.2. The lowest BCUT2D eigenvalue weighted by molar-refractivity contribution is -0.368. The standard InChI is InChI=1S/C24H49O28P3/c25-1-11(28)4-43-24-22(20(35)18(33)16(51-24)10-49-54(39,40)45-6-13(30)3-27)52-23-21(36)19(34)17(32)15(50-23)9-48-55(41,42)47-8-14(31)7-46-53(37,38)44-5-12(29)2-26/h11-36H,1-10H2,(H,37,38)(H,39,40)(H,41,42)/t11?,12?,13?,14?,15-,16-,17-,18-,19+,20+,21-,22-,23-,24+/m1/s1. The zero-order chi connectivity index (χ0) is 41.7. The first-order valence-electron chi connectivity index (χ1n) is 15.9. The number of phosphoric acid groups is 3. The minimum absolute atomic E-state index is 0.724. The van der Waals surface area contributed by atoms with Crippen molar-refractivity contribution in [1.29, 1.82) is 0 Å². The van der Waals surface area contributed by atoms with Crippen molar-refractivity contribution in [2.24, 2.45) is 0 Å². The van der Waals surface area contributed by atoms with Gasteiger partial charge in [-0.3, -0.25) is 27.1 Å². The van der Waals surface area contributed by atoms with E-state index in [0.717, 1.165) is 0 Å². The van der Waals surface area contributed by atoms with Crippen LogP contribution < -0.4 is 0 Å². The highest BCUT2D eigenvalue weighted by molar-refractivity contribution is 7.47. The quantitative estimate of drug-likeness (QED) is 0.0359. The Hall–Kier alpha value is -0.310. The van der Waals surface area contributed by atoms with Crippen LogP contribution in [-0.2, 0) is 59.8 Å². The highest BCUT2D eigenvalue weighted by Gasteiger charge is 2.52. The van der Waals surface area contributed by atoms with E-state index >= 15 is 0 Å². The lowest BCUT2D eigenvalue weighted by Gasteiger charge is -2.46. The molecule has 0 aromatic carbocycles. The first-order valence-corrected chi connectivity index (χ1v) is 20.4. The van der Waals surface area contributed by atoms with Crippen LogP contribution in [0.5, 0.6) is 0 Å². The topological polar surface area (TPSA) is 447 Å². The average Bonchev–Trinajstić information content (AvgIpc) is 3.14. The van der Waals surface area contributed by atoms with E-state index in [4.69, 9.17) is 48.4 Å². The third-order valence-corrected chi connectivity index (χ3v) is 10.1. The molecule has 0 aromatic rings. The molecule has 2 heterocycles. The van der Waals surface area contributed by atoms with Gasteiger partial charge < -0.3 is 94.9 Å². The van der Waals surface area contributed by atoms with Crippen LogP contribution in [0, 0.1) is 0 Å². The van der Waals surface area contributed by atoms with Crippen LogP contribution >= 0.6 is 23.5 Å². The molecule has 31 heteroatoms. The maximum absolute atomic E-state index is 12.4. The van der Waals surface area contributed by atoms with Crippen LogP contribution in [0.2, 0.25) is 0 Å². The average molecular weight is 879 g/mol. The van der Waals surface area contributed by atoms with E-state index in [2.05, 4.69) is 18.1 Å². The first kappa shape index (κ1) is 50.8. The molecule has 328 valence electrons. The van der Waals surface area contributed by atoms with Crippen molar-refractivity contribution in [3.63, 3.8) is 0 Å². The summed E-state index contributed by atoms with van der Waals surface area (Å²) in [7, 11) is -15.0. The predicted molar refractivity (Wildman–Crippen MR) is 169 cm³/mol. The summed E-state index contributed by atoms with van der Waals surface area (Å²) in [5.74, 6) is 0. The Morgan fingerprint density at radius 2 is 0.836 bits per heavy atom. The van der Waals surface area contributed by atoms with Gasteiger partial charge in [-0.1, -0.05) is 0 Å². The van der Waals surface area contributed by atoms with Crippen molar-refractivity contribution >= 4 is 23.5 Å². The molecular formula is C24H49O28P3. The number of aliphatic hydroxyl groups excluding tert-OH is 12. The second-order valence-corrected chi connectivity index (χ2v) is 16.2. The zero-order valence-corrected chi connectivity index (χ0v) is 31.2. The second kappa shape index (κ2) is 23.5. The van der Waals surface area contributed by atoms with Crippen molar-refractivity contribution in [3.05, 3.63) is 0 Å². The Morgan fingerprint density at radius 3 is 1.27 bits per heavy atom. The monoisotopic (exact) mass is 878 g/mol. The summed E-state index contributed by atoms with van der Waals surface area (Å²) in [4.78, 5) is 29.4. The fourth-order valence-electron chi connectivity index (χ4n) is 4.22. The van der Waals surface area contributed by atoms with E-state index in [1.165, 1.54) is 0 Å². The lowest BCUT2D eigenvalue weighted by Crippen LogP contribution is -2.64. The molecule has 2 rings (SSSR count). The Morgan fingerprint density at radius 1 is 0.473 bits per heavy atom. The van der Waals surface area contributed by atoms with Crippen LogP contribution in [0.3, 0.4) is 0 Å². The van der Waals surface area contributed by atoms with Gasteiger partial charge in [0.2, 0.25) is 0 Å². The summed E-state index contributed by atoms with van der Waals surface area (Å²) in [5, 5.41) is 118. The van der Waals surface area contributed by atoms with Crippen LogP contribution in [0.1, 0.15) is 0 Å². The van der Waals surface area contributed by atoms with Gasteiger partial charge in [0.05, 0.1) is 66.1 Å². The highest BCUT2D eigenvalue weighted by Crippen LogP contribution is 2.46. The normalized spacial score (nSPS) is 34.5. The van der Waals surface area contributed by atoms with Crippen molar-refractivity contribution in [2.75, 3.05) is 66.1 Å². The van der Waals surface area contributed by atoms with E-state index in [0.29, 0.717) is 0 Å². The number of ether oxygens (including phenoxy) is 4. The van der Waals surface area contributed by atoms with Crippen molar-refractivity contribution in [3.8, 4) is 0 Å². The summed E-state index contributed by atoms with van der Waals surface area (Å²) in [6, 6.07) is 0. The maximum atomic E-state index is 12.4. The minimum atomic E-state index is -5.16. The smallest absolute Gasteiger partial charge is 0.394 e. The molecule has 0 aliphatic carbocycles. The first-order chi connectivity index (χ1) is 25.5. The number of aliphatic hydroxyl groups is 12. The number of hydrogen-bond acceptors (Lipinski definition) is 25. The van der Waals surface area contributed by atoms with Gasteiger partial charge in [-0.15, -0.1) is 0 Å². The van der Waals surface area contributed by atoms with E-state index in [1.54, 1.807) is 0 Å². The van der Waals surface area contributed by atoms with E-state index in [-0.39, 0.29) is 0 Å². The molecule has 17 atom stereocenters. The Kier molecular flexibility index (Phi) is 21.7. The maximum Gasteiger partial charge on any atom is 0.472 e. The molecule has 0 radical (unpaired) electrons. The Bertz CT molecular complexity index is 1250. The minimum Gasteiger partial charge on any atom is -0.394 e. The fourth-order valence-corrected chi connectivity index (χ4v) is 6.56. The third-order valence-electron chi connectivity index (χ3n) is 7.21. The molecule has 2 aliphatic heterocycles. The summed E-state index contributed by atoms with van der Waals surface area (Å²) < 4.78 is 85.3. The Balaban J connectivity index is 2.06. The summed E-state index contributed by atoms with van der Waals surface area (Å²) >= 11 is 0. The molecule has 0 saturated carbocycles. The van der Waals surface area contributed by atoms with Gasteiger partial charge in [0, 0.05) is 0 Å². The molecule has 15 N–H and O–H groups in total. The van der Waals surface area contributed by atoms with Gasteiger partial charge in [0.15, 0.2) is 12.6 Å². The van der Waals surface area contributed by atoms with E-state index < -0.39 is 175 Å². The number of phosphoric ester groups is 3. The number of rotatable bonds is 26. The molecule has 55 heavy (non-hydrogen) atoms. The molecule has 0 amide bonds. The molecule has 0 bridgehead atoms. The second-order valence-electron chi connectivity index (χ2n) is 11.8. The van der Waals surface area contributed by atoms with Crippen LogP contribution in [0.15, 0.2) is 0 Å². The summed E-state index contributed by atoms with van der Waals surface area (Å²) in [6.07, 6.45) is -26.5. The molecule has 0 aromatic heterocycles. The molecule has 2 fully saturated rings. The third kappa shape index (κ3) is 17.4. The van der Waals surface area contributed by atoms with Gasteiger partial charge in [-0.05, 0) is 0 Å². The van der Waals surface area contributed by atoms with E-state index in [1.807, 2.05) is 0 Å². The largest absolute Gasteiger partial charge is 0.472 e. The molecule has 0 spiro atoms. The van der Waals surface area contributed by atoms with Gasteiger partial charge in [0.1, 0.15) is 73.2 Å². The van der Waals surface area contributed by atoms with Gasteiger partial charge in [-0.25, -0.2) is 13.7 Å². The molecule has 2 aliphatic rings. The van der Waals surface area contributed by atoms with Gasteiger partial charge in [0.25, 0.3) is 0 Å². The van der Waals surface area contributed by atoms with Crippen molar-refractivity contribution < 1.29 is 136 Å². The molecular weight excluding hydrogens is 829 g/mol. The Labute approximate surface area is 311 Å². The van der Waals surface area contributed by atoms with Crippen molar-refractivity contribution in [2.45, 2.75) is 85.8 Å². The molecule has 2 saturated heterocycles. The predicted octanol–water partition coefficient (Wildman–Crippen LogP) is -7.54. The van der Waals surface area contributed by atoms with Gasteiger partial charge >= 0.3 is 23.5 Å². The lowest BCUT2D eigenvalue weighted by atomic mass is 9.97. The van der Waals surface area contributed by atoms with Crippen LogP contribution in [0.4, 0.5) is 0 Å². The van der Waals surface area contributed by atoms with Crippen molar-refractivity contribution in [1.82, 2.24) is 0 Å². The van der Waals surface area contributed by atoms with E-state index in [9.17, 15) is 69.2 Å². The van der Waals surface area contributed by atoms with Crippen LogP contribution in [-0.4, -0.2) is 228 Å². The SMILES string of the molecule is O=P(O)(OCC(O)CO)OCC(O)COP(=O)(O)OC[C@H]1O[C@H](O[C@H]2[C@@H](OCC(O)CO)O[C@H](COP(=O)(O)OCC(O)CO)[C@@H](O)[C@@H]2O)[C@H](O)[C@@H](O)[C@@H]1O. The van der Waals surface area contributed by atoms with Crippen LogP contribution in [0.25, 0.3) is 0 Å². The summed E-state index contributed by atoms with van der Waals surface area (Å²) in [6.45, 7) is -9.01. The number of hydrogen-bond donors (Lipinski definition) is 15. The fraction of sp³-hybridized carbons (Fsp3) is 1.00.